The van der Waals surface area contributed by atoms with Crippen LogP contribution in [0.25, 0.3) is 0 Å². The molecule has 1 aliphatic rings. The fraction of sp³-hybridized carbons (Fsp3) is 0.278. The van der Waals surface area contributed by atoms with Crippen molar-refractivity contribution in [2.24, 2.45) is 0 Å². The summed E-state index contributed by atoms with van der Waals surface area (Å²) in [5, 5.41) is 0. The molecule has 0 saturated carbocycles. The van der Waals surface area contributed by atoms with Gasteiger partial charge in [0.2, 0.25) is 10.0 Å². The van der Waals surface area contributed by atoms with Crippen molar-refractivity contribution in [3.63, 3.8) is 0 Å². The molecule has 1 heterocycles. The van der Waals surface area contributed by atoms with Crippen LogP contribution in [0.2, 0.25) is 0 Å². The highest BCUT2D eigenvalue weighted by Crippen LogP contribution is 2.34. The number of sulfonamides is 1. The van der Waals surface area contributed by atoms with Crippen molar-refractivity contribution in [3.8, 4) is 0 Å². The van der Waals surface area contributed by atoms with Crippen LogP contribution in [0.3, 0.4) is 0 Å². The van der Waals surface area contributed by atoms with Crippen LogP contribution in [0.4, 0.5) is 10.1 Å². The van der Waals surface area contributed by atoms with Crippen LogP contribution in [-0.4, -0.2) is 26.7 Å². The molecule has 0 fully saturated rings. The number of carbonyl (C=O) groups excluding carboxylic acids is 1. The van der Waals surface area contributed by atoms with E-state index in [4.69, 9.17) is 4.74 Å². The molecule has 0 spiro atoms. The number of fused-ring (bicyclic) bond motifs is 1. The molecule has 1 unspecified atom stereocenters. The summed E-state index contributed by atoms with van der Waals surface area (Å²) in [6.07, 6.45) is 1.69. The van der Waals surface area contributed by atoms with Crippen LogP contribution < -0.4 is 4.31 Å². The predicted octanol–water partition coefficient (Wildman–Crippen LogP) is 2.89. The van der Waals surface area contributed by atoms with E-state index in [2.05, 4.69) is 0 Å². The van der Waals surface area contributed by atoms with E-state index in [0.29, 0.717) is 23.2 Å². The lowest BCUT2D eigenvalue weighted by atomic mass is 10.1. The van der Waals surface area contributed by atoms with Crippen molar-refractivity contribution in [2.75, 3.05) is 10.6 Å². The Bertz CT molecular complexity index is 926. The summed E-state index contributed by atoms with van der Waals surface area (Å²) < 4.78 is 43.9. The van der Waals surface area contributed by atoms with Gasteiger partial charge in [0.15, 0.2) is 0 Å². The van der Waals surface area contributed by atoms with Gasteiger partial charge in [0.1, 0.15) is 12.4 Å². The lowest BCUT2D eigenvalue weighted by Crippen LogP contribution is -2.34. The quantitative estimate of drug-likeness (QED) is 0.784. The zero-order valence-electron chi connectivity index (χ0n) is 13.9. The smallest absolute Gasteiger partial charge is 0.338 e. The van der Waals surface area contributed by atoms with E-state index < -0.39 is 21.8 Å². The molecule has 0 bridgehead atoms. The molecule has 1 aliphatic heterocycles. The molecule has 2 aromatic rings. The van der Waals surface area contributed by atoms with Gasteiger partial charge in [-0.2, -0.15) is 0 Å². The normalized spacial score (nSPS) is 16.6. The van der Waals surface area contributed by atoms with Crippen LogP contribution in [0.1, 0.15) is 28.4 Å². The highest BCUT2D eigenvalue weighted by Gasteiger charge is 2.32. The summed E-state index contributed by atoms with van der Waals surface area (Å²) in [5.74, 6) is -1.00. The summed E-state index contributed by atoms with van der Waals surface area (Å²) in [5.41, 5.74) is 1.98. The van der Waals surface area contributed by atoms with E-state index in [1.54, 1.807) is 30.3 Å². The number of nitrogens with zero attached hydrogens (tertiary/aromatic N) is 1. The Morgan fingerprint density at radius 2 is 2.00 bits per heavy atom. The third-order valence-electron chi connectivity index (χ3n) is 4.14. The molecule has 7 heteroatoms. The molecule has 2 aromatic carbocycles. The van der Waals surface area contributed by atoms with Gasteiger partial charge in [-0.15, -0.1) is 0 Å². The SMILES string of the molecule is CC1Cc2cc(C(=O)OCc3ccccc3F)ccc2N1S(C)(=O)=O. The molecular weight excluding hydrogens is 345 g/mol. The highest BCUT2D eigenvalue weighted by molar-refractivity contribution is 7.92. The van der Waals surface area contributed by atoms with Gasteiger partial charge in [0.25, 0.3) is 0 Å². The van der Waals surface area contributed by atoms with Crippen LogP contribution in [0.15, 0.2) is 42.5 Å². The monoisotopic (exact) mass is 363 g/mol. The molecule has 0 radical (unpaired) electrons. The number of hydrogen-bond acceptors (Lipinski definition) is 4. The largest absolute Gasteiger partial charge is 0.457 e. The van der Waals surface area contributed by atoms with E-state index in [1.807, 2.05) is 6.92 Å². The third-order valence-corrected chi connectivity index (χ3v) is 5.41. The molecule has 0 amide bonds. The van der Waals surface area contributed by atoms with E-state index in [0.717, 1.165) is 11.8 Å². The number of benzene rings is 2. The number of rotatable bonds is 4. The minimum Gasteiger partial charge on any atom is -0.457 e. The van der Waals surface area contributed by atoms with Gasteiger partial charge in [-0.25, -0.2) is 17.6 Å². The maximum absolute atomic E-state index is 13.6. The van der Waals surface area contributed by atoms with E-state index >= 15 is 0 Å². The summed E-state index contributed by atoms with van der Waals surface area (Å²) >= 11 is 0. The molecule has 3 rings (SSSR count). The first-order chi connectivity index (χ1) is 11.8. The Kier molecular flexibility index (Phi) is 4.51. The Morgan fingerprint density at radius 1 is 1.28 bits per heavy atom. The van der Waals surface area contributed by atoms with Gasteiger partial charge >= 0.3 is 5.97 Å². The summed E-state index contributed by atoms with van der Waals surface area (Å²) in [6.45, 7) is 1.66. The van der Waals surface area contributed by atoms with Crippen LogP contribution >= 0.6 is 0 Å². The minimum absolute atomic E-state index is 0.158. The standard InChI is InChI=1S/C18H18FNO4S/c1-12-9-15-10-13(7-8-17(15)20(12)25(2,22)23)18(21)24-11-14-5-3-4-6-16(14)19/h3-8,10,12H,9,11H2,1-2H3. The number of esters is 1. The van der Waals surface area contributed by atoms with E-state index in [1.165, 1.54) is 16.4 Å². The molecule has 25 heavy (non-hydrogen) atoms. The van der Waals surface area contributed by atoms with Crippen molar-refractivity contribution in [1.29, 1.82) is 0 Å². The molecule has 0 aliphatic carbocycles. The first-order valence-electron chi connectivity index (χ1n) is 7.80. The Morgan fingerprint density at radius 3 is 2.68 bits per heavy atom. The number of anilines is 1. The Hall–Kier alpha value is -2.41. The second-order valence-corrected chi connectivity index (χ2v) is 7.98. The van der Waals surface area contributed by atoms with E-state index in [-0.39, 0.29) is 12.6 Å². The Balaban J connectivity index is 1.78. The number of carbonyl (C=O) groups is 1. The summed E-state index contributed by atoms with van der Waals surface area (Å²) in [6, 6.07) is 10.7. The van der Waals surface area contributed by atoms with Gasteiger partial charge in [0, 0.05) is 11.6 Å². The highest BCUT2D eigenvalue weighted by atomic mass is 32.2. The van der Waals surface area contributed by atoms with Gasteiger partial charge in [0.05, 0.1) is 17.5 Å². The molecule has 0 saturated heterocycles. The summed E-state index contributed by atoms with van der Waals surface area (Å²) in [7, 11) is -3.37. The average molecular weight is 363 g/mol. The first-order valence-corrected chi connectivity index (χ1v) is 9.65. The van der Waals surface area contributed by atoms with Crippen molar-refractivity contribution >= 4 is 21.7 Å². The van der Waals surface area contributed by atoms with Gasteiger partial charge in [-0.1, -0.05) is 18.2 Å². The molecule has 0 aromatic heterocycles. The molecule has 1 atom stereocenters. The van der Waals surface area contributed by atoms with Gasteiger partial charge < -0.3 is 4.74 Å². The van der Waals surface area contributed by atoms with Crippen molar-refractivity contribution in [2.45, 2.75) is 26.0 Å². The van der Waals surface area contributed by atoms with Crippen molar-refractivity contribution in [1.82, 2.24) is 0 Å². The van der Waals surface area contributed by atoms with Gasteiger partial charge in [-0.3, -0.25) is 4.31 Å². The predicted molar refractivity (Wildman–Crippen MR) is 92.5 cm³/mol. The van der Waals surface area contributed by atoms with Crippen molar-refractivity contribution < 1.29 is 22.3 Å². The zero-order chi connectivity index (χ0) is 18.2. The Labute approximate surface area is 146 Å². The van der Waals surface area contributed by atoms with Crippen LogP contribution in [0.5, 0.6) is 0 Å². The van der Waals surface area contributed by atoms with E-state index in [9.17, 15) is 17.6 Å². The maximum Gasteiger partial charge on any atom is 0.338 e. The second kappa shape index (κ2) is 6.48. The van der Waals surface area contributed by atoms with Crippen LogP contribution in [0, 0.1) is 5.82 Å². The molecule has 0 N–H and O–H groups in total. The fourth-order valence-corrected chi connectivity index (χ4v) is 4.34. The topological polar surface area (TPSA) is 63.7 Å². The first kappa shape index (κ1) is 17.4. The zero-order valence-corrected chi connectivity index (χ0v) is 14.7. The minimum atomic E-state index is -3.37. The fourth-order valence-electron chi connectivity index (χ4n) is 3.08. The van der Waals surface area contributed by atoms with Gasteiger partial charge in [-0.05, 0) is 43.2 Å². The molecule has 5 nitrogen and oxygen atoms in total. The van der Waals surface area contributed by atoms with Crippen LogP contribution in [-0.2, 0) is 27.8 Å². The number of halogens is 1. The maximum atomic E-state index is 13.6. The lowest BCUT2D eigenvalue weighted by molar-refractivity contribution is 0.0469. The summed E-state index contributed by atoms with van der Waals surface area (Å²) in [4.78, 5) is 12.2. The second-order valence-electron chi connectivity index (χ2n) is 6.12. The lowest BCUT2D eigenvalue weighted by Gasteiger charge is -2.21. The molecular formula is C18H18FNO4S. The third kappa shape index (κ3) is 3.51. The average Bonchev–Trinajstić information content (AvgIpc) is 2.88. The number of hydrogen-bond donors (Lipinski definition) is 0. The van der Waals surface area contributed by atoms with Crippen molar-refractivity contribution in [3.05, 3.63) is 65.0 Å². The number of ether oxygens (including phenoxy) is 1. The molecule has 132 valence electrons.